The summed E-state index contributed by atoms with van der Waals surface area (Å²) in [6.07, 6.45) is -3.94. The lowest BCUT2D eigenvalue weighted by Crippen LogP contribution is -2.14. The largest absolute Gasteiger partial charge is 0.493 e. The predicted molar refractivity (Wildman–Crippen MR) is 122 cm³/mol. The first-order chi connectivity index (χ1) is 16.0. The zero-order chi connectivity index (χ0) is 24.8. The Morgan fingerprint density at radius 2 is 1.97 bits per heavy atom. The van der Waals surface area contributed by atoms with Gasteiger partial charge in [0, 0.05) is 30.0 Å². The highest BCUT2D eigenvalue weighted by Crippen LogP contribution is 2.44. The van der Waals surface area contributed by atoms with Crippen LogP contribution in [-0.2, 0) is 17.4 Å². The van der Waals surface area contributed by atoms with E-state index in [1.807, 2.05) is 6.92 Å². The van der Waals surface area contributed by atoms with Gasteiger partial charge in [0.2, 0.25) is 5.91 Å². The summed E-state index contributed by atoms with van der Waals surface area (Å²) in [4.78, 5) is 20.6. The number of methoxy groups -OCH3 is 1. The fourth-order valence-corrected chi connectivity index (χ4v) is 4.14. The van der Waals surface area contributed by atoms with Gasteiger partial charge in [-0.3, -0.25) is 4.79 Å². The molecule has 1 aliphatic rings. The third-order valence-electron chi connectivity index (χ3n) is 5.60. The molecule has 4 rings (SSSR count). The maximum absolute atomic E-state index is 13.5. The number of ether oxygens (including phenoxy) is 2. The maximum atomic E-state index is 13.5. The number of rotatable bonds is 5. The monoisotopic (exact) mass is 474 g/mol. The maximum Gasteiger partial charge on any atom is 0.416 e. The van der Waals surface area contributed by atoms with Crippen molar-refractivity contribution in [2.45, 2.75) is 52.4 Å². The molecule has 0 saturated carbocycles. The normalized spacial score (nSPS) is 16.1. The van der Waals surface area contributed by atoms with E-state index in [4.69, 9.17) is 9.47 Å². The van der Waals surface area contributed by atoms with E-state index in [1.165, 1.54) is 13.0 Å². The van der Waals surface area contributed by atoms with Crippen molar-refractivity contribution in [1.29, 1.82) is 0 Å². The molecule has 2 aromatic carbocycles. The number of nitrogens with zero attached hydrogens (tertiary/aromatic N) is 2. The lowest BCUT2D eigenvalue weighted by molar-refractivity contribution is -0.137. The quantitative estimate of drug-likeness (QED) is 0.514. The third-order valence-corrected chi connectivity index (χ3v) is 5.60. The molecular weight excluding hydrogens is 449 g/mol. The first-order valence-corrected chi connectivity index (χ1v) is 10.8. The Labute approximate surface area is 194 Å². The van der Waals surface area contributed by atoms with E-state index >= 15 is 0 Å². The topological polar surface area (TPSA) is 85.4 Å². The van der Waals surface area contributed by atoms with Gasteiger partial charge in [-0.25, -0.2) is 9.97 Å². The van der Waals surface area contributed by atoms with Gasteiger partial charge in [0.1, 0.15) is 17.7 Å². The Balaban J connectivity index is 1.79. The minimum Gasteiger partial charge on any atom is -0.493 e. The fourth-order valence-electron chi connectivity index (χ4n) is 4.14. The molecule has 7 nitrogen and oxygen atoms in total. The molecule has 34 heavy (non-hydrogen) atoms. The van der Waals surface area contributed by atoms with Crippen LogP contribution in [0, 0.1) is 6.92 Å². The van der Waals surface area contributed by atoms with Gasteiger partial charge in [-0.1, -0.05) is 0 Å². The fraction of sp³-hybridized carbons (Fsp3) is 0.375. The summed E-state index contributed by atoms with van der Waals surface area (Å²) in [7, 11) is 1.55. The molecule has 1 aromatic heterocycles. The third kappa shape index (κ3) is 4.57. The van der Waals surface area contributed by atoms with E-state index in [0.717, 1.165) is 17.7 Å². The molecule has 1 amide bonds. The number of amides is 1. The molecule has 0 aliphatic carbocycles. The van der Waals surface area contributed by atoms with Gasteiger partial charge in [-0.15, -0.1) is 0 Å². The van der Waals surface area contributed by atoms with Crippen LogP contribution in [0.15, 0.2) is 24.3 Å². The average Bonchev–Trinajstić information content (AvgIpc) is 3.13. The number of anilines is 2. The van der Waals surface area contributed by atoms with Crippen LogP contribution in [0.1, 0.15) is 49.3 Å². The molecular formula is C24H25F3N4O3. The van der Waals surface area contributed by atoms with Crippen LogP contribution < -0.4 is 20.1 Å². The van der Waals surface area contributed by atoms with Crippen LogP contribution in [-0.4, -0.2) is 29.1 Å². The summed E-state index contributed by atoms with van der Waals surface area (Å²) in [6, 6.07) is 4.69. The summed E-state index contributed by atoms with van der Waals surface area (Å²) < 4.78 is 51.9. The van der Waals surface area contributed by atoms with Crippen LogP contribution in [0.25, 0.3) is 10.9 Å². The molecule has 2 heterocycles. The summed E-state index contributed by atoms with van der Waals surface area (Å²) in [6.45, 7) is 6.69. The van der Waals surface area contributed by atoms with Gasteiger partial charge in [-0.2, -0.15) is 13.2 Å². The molecule has 3 aromatic rings. The van der Waals surface area contributed by atoms with Crippen molar-refractivity contribution in [3.8, 4) is 11.5 Å². The highest BCUT2D eigenvalue weighted by atomic mass is 19.4. The van der Waals surface area contributed by atoms with Crippen LogP contribution in [0.2, 0.25) is 0 Å². The lowest BCUT2D eigenvalue weighted by atomic mass is 10.0. The van der Waals surface area contributed by atoms with Gasteiger partial charge in [0.25, 0.3) is 0 Å². The average molecular weight is 474 g/mol. The van der Waals surface area contributed by atoms with E-state index in [9.17, 15) is 18.0 Å². The number of hydrogen-bond acceptors (Lipinski definition) is 6. The van der Waals surface area contributed by atoms with Crippen molar-refractivity contribution < 1.29 is 27.4 Å². The molecule has 0 fully saturated rings. The molecule has 1 aliphatic heterocycles. The zero-order valence-electron chi connectivity index (χ0n) is 19.4. The second-order valence-electron chi connectivity index (χ2n) is 8.42. The lowest BCUT2D eigenvalue weighted by Gasteiger charge is -2.20. The summed E-state index contributed by atoms with van der Waals surface area (Å²) >= 11 is 0. The Hall–Kier alpha value is -3.56. The van der Waals surface area contributed by atoms with E-state index in [-0.39, 0.29) is 11.8 Å². The van der Waals surface area contributed by atoms with E-state index in [0.29, 0.717) is 46.0 Å². The number of aromatic nitrogens is 2. The number of benzene rings is 2. The van der Waals surface area contributed by atoms with Gasteiger partial charge >= 0.3 is 6.18 Å². The minimum atomic E-state index is -4.56. The number of carbonyl (C=O) groups is 1. The van der Waals surface area contributed by atoms with E-state index < -0.39 is 23.7 Å². The highest BCUT2D eigenvalue weighted by Gasteiger charge is 2.32. The SMILES string of the molecule is COc1cc2c(N[C@H](C)c3cc(NC(C)=O)cc(C(F)(F)F)c3)nc(C)nc2c2c1OC(C)C2. The smallest absolute Gasteiger partial charge is 0.416 e. The highest BCUT2D eigenvalue weighted by molar-refractivity contribution is 5.95. The molecule has 2 N–H and O–H groups in total. The molecule has 0 radical (unpaired) electrons. The zero-order valence-corrected chi connectivity index (χ0v) is 19.4. The molecule has 0 spiro atoms. The van der Waals surface area contributed by atoms with Crippen molar-refractivity contribution in [3.63, 3.8) is 0 Å². The first-order valence-electron chi connectivity index (χ1n) is 10.8. The van der Waals surface area contributed by atoms with Gasteiger partial charge in [-0.05, 0) is 50.6 Å². The molecule has 2 atom stereocenters. The predicted octanol–water partition coefficient (Wildman–Crippen LogP) is 5.42. The minimum absolute atomic E-state index is 0.0302. The van der Waals surface area contributed by atoms with Crippen molar-refractivity contribution in [1.82, 2.24) is 9.97 Å². The number of nitrogens with one attached hydrogen (secondary N) is 2. The Morgan fingerprint density at radius 1 is 1.24 bits per heavy atom. The molecule has 10 heteroatoms. The summed E-state index contributed by atoms with van der Waals surface area (Å²) in [5.74, 6) is 1.71. The summed E-state index contributed by atoms with van der Waals surface area (Å²) in [5, 5.41) is 6.35. The summed E-state index contributed by atoms with van der Waals surface area (Å²) in [5.41, 5.74) is 1.19. The van der Waals surface area contributed by atoms with Crippen LogP contribution in [0.3, 0.4) is 0 Å². The molecule has 0 saturated heterocycles. The molecule has 180 valence electrons. The Bertz CT molecular complexity index is 1280. The van der Waals surface area contributed by atoms with Crippen LogP contribution in [0.4, 0.5) is 24.7 Å². The first kappa shape index (κ1) is 23.6. The van der Waals surface area contributed by atoms with Gasteiger partial charge in [0.05, 0.1) is 24.2 Å². The van der Waals surface area contributed by atoms with Crippen molar-refractivity contribution in [3.05, 3.63) is 46.8 Å². The van der Waals surface area contributed by atoms with Gasteiger partial charge < -0.3 is 20.1 Å². The van der Waals surface area contributed by atoms with E-state index in [1.54, 1.807) is 27.0 Å². The van der Waals surface area contributed by atoms with E-state index in [2.05, 4.69) is 20.6 Å². The second kappa shape index (κ2) is 8.66. The van der Waals surface area contributed by atoms with Crippen molar-refractivity contribution in [2.24, 2.45) is 0 Å². The Morgan fingerprint density at radius 3 is 2.62 bits per heavy atom. The number of halogens is 3. The number of hydrogen-bond donors (Lipinski definition) is 2. The molecule has 0 bridgehead atoms. The number of alkyl halides is 3. The standard InChI is InChI=1S/C24H25F3N4O3/c1-11-6-18-21-19(10-20(33-5)22(18)34-11)23(30-13(3)29-21)28-12(2)15-7-16(24(25,26)27)9-17(8-15)31-14(4)32/h7-12H,6H2,1-5H3,(H,31,32)(H,28,29,30)/t11?,12-/m1/s1. The van der Waals surface area contributed by atoms with Crippen molar-refractivity contribution >= 4 is 28.3 Å². The number of aryl methyl sites for hydroxylation is 1. The number of carbonyl (C=O) groups excluding carboxylic acids is 1. The van der Waals surface area contributed by atoms with Crippen molar-refractivity contribution in [2.75, 3.05) is 17.7 Å². The van der Waals surface area contributed by atoms with Crippen LogP contribution >= 0.6 is 0 Å². The number of fused-ring (bicyclic) bond motifs is 3. The van der Waals surface area contributed by atoms with Gasteiger partial charge in [0.15, 0.2) is 11.5 Å². The van der Waals surface area contributed by atoms with Crippen LogP contribution in [0.5, 0.6) is 11.5 Å². The molecule has 1 unspecified atom stereocenters. The Kier molecular flexibility index (Phi) is 6.01. The second-order valence-corrected chi connectivity index (χ2v) is 8.42.